The van der Waals surface area contributed by atoms with Crippen LogP contribution in [0.25, 0.3) is 11.2 Å². The number of halogens is 1. The minimum absolute atomic E-state index is 0.216. The van der Waals surface area contributed by atoms with Crippen molar-refractivity contribution in [2.75, 3.05) is 13.7 Å². The maximum atomic E-state index is 6.06. The average molecular weight is 285 g/mol. The number of fused-ring (bicyclic) bond motifs is 1. The Morgan fingerprint density at radius 3 is 2.58 bits per heavy atom. The number of methoxy groups -OCH3 is 1. The molecule has 106 valence electrons. The third-order valence-corrected chi connectivity index (χ3v) is 3.57. The SMILES string of the molecule is CCc1nn(C)c2c1nc(CCl)n2C(C)(C)COC. The van der Waals surface area contributed by atoms with Crippen molar-refractivity contribution >= 4 is 22.8 Å². The third-order valence-electron chi connectivity index (χ3n) is 3.33. The van der Waals surface area contributed by atoms with Gasteiger partial charge in [-0.2, -0.15) is 5.10 Å². The first kappa shape index (κ1) is 14.3. The van der Waals surface area contributed by atoms with Crippen molar-refractivity contribution in [2.45, 2.75) is 38.6 Å². The Morgan fingerprint density at radius 1 is 1.37 bits per heavy atom. The molecule has 0 radical (unpaired) electrons. The monoisotopic (exact) mass is 284 g/mol. The van der Waals surface area contributed by atoms with E-state index in [0.29, 0.717) is 12.5 Å². The standard InChI is InChI=1S/C13H21ClN4O/c1-6-9-11-12(17(4)16-9)18(10(7-14)15-11)13(2,3)8-19-5/h6-8H2,1-5H3. The molecule has 0 bridgehead atoms. The van der Waals surface area contributed by atoms with Crippen LogP contribution in [0, 0.1) is 0 Å². The summed E-state index contributed by atoms with van der Waals surface area (Å²) in [5.74, 6) is 1.24. The highest BCUT2D eigenvalue weighted by molar-refractivity contribution is 6.16. The Hall–Kier alpha value is -1.07. The first-order valence-corrected chi connectivity index (χ1v) is 6.98. The maximum Gasteiger partial charge on any atom is 0.159 e. The maximum absolute atomic E-state index is 6.06. The molecule has 0 aromatic carbocycles. The number of aryl methyl sites for hydroxylation is 2. The zero-order valence-electron chi connectivity index (χ0n) is 12.2. The number of nitrogens with zero attached hydrogens (tertiary/aromatic N) is 4. The second kappa shape index (κ2) is 5.13. The van der Waals surface area contributed by atoms with Gasteiger partial charge in [0, 0.05) is 14.2 Å². The molecule has 19 heavy (non-hydrogen) atoms. The van der Waals surface area contributed by atoms with Crippen molar-refractivity contribution in [1.82, 2.24) is 19.3 Å². The third kappa shape index (κ3) is 2.25. The molecular formula is C13H21ClN4O. The van der Waals surface area contributed by atoms with E-state index in [9.17, 15) is 0 Å². The molecule has 0 aliphatic carbocycles. The van der Waals surface area contributed by atoms with Crippen molar-refractivity contribution < 1.29 is 4.74 Å². The molecule has 0 aliphatic heterocycles. The van der Waals surface area contributed by atoms with Gasteiger partial charge in [0.15, 0.2) is 5.65 Å². The number of hydrogen-bond acceptors (Lipinski definition) is 3. The molecule has 0 saturated heterocycles. The molecule has 0 saturated carbocycles. The molecular weight excluding hydrogens is 264 g/mol. The largest absolute Gasteiger partial charge is 0.382 e. The summed E-state index contributed by atoms with van der Waals surface area (Å²) in [5, 5.41) is 4.53. The molecule has 0 fully saturated rings. The zero-order valence-corrected chi connectivity index (χ0v) is 13.0. The van der Waals surface area contributed by atoms with E-state index >= 15 is 0 Å². The molecule has 5 nitrogen and oxygen atoms in total. The van der Waals surface area contributed by atoms with E-state index in [1.165, 1.54) is 0 Å². The predicted molar refractivity (Wildman–Crippen MR) is 76.6 cm³/mol. The molecule has 0 N–H and O–H groups in total. The van der Waals surface area contributed by atoms with Crippen LogP contribution < -0.4 is 0 Å². The minimum Gasteiger partial charge on any atom is -0.382 e. The lowest BCUT2D eigenvalue weighted by Gasteiger charge is -2.28. The summed E-state index contributed by atoms with van der Waals surface area (Å²) < 4.78 is 9.36. The van der Waals surface area contributed by atoms with Crippen LogP contribution in [0.4, 0.5) is 0 Å². The fraction of sp³-hybridized carbons (Fsp3) is 0.692. The van der Waals surface area contributed by atoms with Crippen molar-refractivity contribution in [3.8, 4) is 0 Å². The Labute approximate surface area is 118 Å². The van der Waals surface area contributed by atoms with Crippen LogP contribution >= 0.6 is 11.6 Å². The quantitative estimate of drug-likeness (QED) is 0.792. The van der Waals surface area contributed by atoms with E-state index in [1.54, 1.807) is 7.11 Å². The second-order valence-electron chi connectivity index (χ2n) is 5.34. The fourth-order valence-electron chi connectivity index (χ4n) is 2.61. The first-order valence-electron chi connectivity index (χ1n) is 6.44. The van der Waals surface area contributed by atoms with Gasteiger partial charge in [0.1, 0.15) is 11.3 Å². The Morgan fingerprint density at radius 2 is 2.05 bits per heavy atom. The lowest BCUT2D eigenvalue weighted by atomic mass is 10.1. The van der Waals surface area contributed by atoms with Crippen molar-refractivity contribution in [3.05, 3.63) is 11.5 Å². The van der Waals surface area contributed by atoms with Gasteiger partial charge in [0.05, 0.1) is 23.7 Å². The van der Waals surface area contributed by atoms with Crippen LogP contribution in [-0.2, 0) is 29.6 Å². The summed E-state index contributed by atoms with van der Waals surface area (Å²) in [6.45, 7) is 6.91. The number of alkyl halides is 1. The molecule has 2 aromatic heterocycles. The van der Waals surface area contributed by atoms with Crippen LogP contribution in [0.5, 0.6) is 0 Å². The van der Waals surface area contributed by atoms with Gasteiger partial charge in [0.2, 0.25) is 0 Å². The Balaban J connectivity index is 2.73. The van der Waals surface area contributed by atoms with Gasteiger partial charge in [-0.3, -0.25) is 4.68 Å². The van der Waals surface area contributed by atoms with E-state index in [0.717, 1.165) is 29.1 Å². The van der Waals surface area contributed by atoms with Gasteiger partial charge in [-0.15, -0.1) is 11.6 Å². The van der Waals surface area contributed by atoms with E-state index in [2.05, 4.69) is 35.4 Å². The van der Waals surface area contributed by atoms with Gasteiger partial charge >= 0.3 is 0 Å². The second-order valence-corrected chi connectivity index (χ2v) is 5.61. The summed E-state index contributed by atoms with van der Waals surface area (Å²) in [5.41, 5.74) is 2.75. The summed E-state index contributed by atoms with van der Waals surface area (Å²) in [7, 11) is 3.65. The first-order chi connectivity index (χ1) is 8.96. The minimum atomic E-state index is -0.216. The molecule has 2 aromatic rings. The number of rotatable bonds is 5. The van der Waals surface area contributed by atoms with Crippen LogP contribution in [0.3, 0.4) is 0 Å². The summed E-state index contributed by atoms with van der Waals surface area (Å²) in [6.07, 6.45) is 0.862. The molecule has 0 amide bonds. The lowest BCUT2D eigenvalue weighted by Crippen LogP contribution is -2.33. The normalized spacial score (nSPS) is 12.5. The lowest BCUT2D eigenvalue weighted by molar-refractivity contribution is 0.110. The van der Waals surface area contributed by atoms with Crippen molar-refractivity contribution in [1.29, 1.82) is 0 Å². The Kier molecular flexibility index (Phi) is 3.87. The molecule has 0 atom stereocenters. The number of hydrogen-bond donors (Lipinski definition) is 0. The van der Waals surface area contributed by atoms with Crippen LogP contribution in [0.15, 0.2) is 0 Å². The number of imidazole rings is 1. The van der Waals surface area contributed by atoms with Gasteiger partial charge in [-0.05, 0) is 20.3 Å². The van der Waals surface area contributed by atoms with Gasteiger partial charge in [-0.1, -0.05) is 6.92 Å². The highest BCUT2D eigenvalue weighted by Gasteiger charge is 2.29. The van der Waals surface area contributed by atoms with Crippen LogP contribution in [0.2, 0.25) is 0 Å². The number of ether oxygens (including phenoxy) is 1. The molecule has 2 rings (SSSR count). The van der Waals surface area contributed by atoms with E-state index in [-0.39, 0.29) is 5.54 Å². The van der Waals surface area contributed by atoms with Crippen LogP contribution in [-0.4, -0.2) is 33.0 Å². The van der Waals surface area contributed by atoms with E-state index < -0.39 is 0 Å². The topological polar surface area (TPSA) is 44.9 Å². The molecule has 6 heteroatoms. The predicted octanol–water partition coefficient (Wildman–Crippen LogP) is 2.45. The molecule has 0 unspecified atom stereocenters. The fourth-order valence-corrected chi connectivity index (χ4v) is 2.79. The van der Waals surface area contributed by atoms with Gasteiger partial charge < -0.3 is 9.30 Å². The zero-order chi connectivity index (χ0) is 14.2. The number of aromatic nitrogens is 4. The van der Waals surface area contributed by atoms with E-state index in [4.69, 9.17) is 16.3 Å². The van der Waals surface area contributed by atoms with E-state index in [1.807, 2.05) is 11.7 Å². The van der Waals surface area contributed by atoms with Crippen molar-refractivity contribution in [3.63, 3.8) is 0 Å². The molecule has 0 aliphatic rings. The highest BCUT2D eigenvalue weighted by Crippen LogP contribution is 2.28. The van der Waals surface area contributed by atoms with Crippen LogP contribution in [0.1, 0.15) is 32.3 Å². The Bertz CT molecular complexity index is 585. The average Bonchev–Trinajstić information content (AvgIpc) is 2.87. The summed E-state index contributed by atoms with van der Waals surface area (Å²) in [6, 6.07) is 0. The smallest absolute Gasteiger partial charge is 0.159 e. The van der Waals surface area contributed by atoms with Gasteiger partial charge in [0.25, 0.3) is 0 Å². The van der Waals surface area contributed by atoms with Crippen molar-refractivity contribution in [2.24, 2.45) is 7.05 Å². The molecule has 0 spiro atoms. The van der Waals surface area contributed by atoms with Gasteiger partial charge in [-0.25, -0.2) is 4.98 Å². The summed E-state index contributed by atoms with van der Waals surface area (Å²) in [4.78, 5) is 4.66. The molecule has 2 heterocycles. The highest BCUT2D eigenvalue weighted by atomic mass is 35.5. The summed E-state index contributed by atoms with van der Waals surface area (Å²) >= 11 is 6.06.